The molecule has 0 aliphatic heterocycles. The van der Waals surface area contributed by atoms with E-state index in [0.717, 1.165) is 47.4 Å². The zero-order chi connectivity index (χ0) is 28.2. The second-order valence-electron chi connectivity index (χ2n) is 12.2. The highest BCUT2D eigenvalue weighted by Gasteiger charge is 2.50. The van der Waals surface area contributed by atoms with Crippen LogP contribution in [0, 0.1) is 30.1 Å². The molecule has 9 heteroatoms. The van der Waals surface area contributed by atoms with Crippen molar-refractivity contribution in [1.29, 1.82) is 0 Å². The van der Waals surface area contributed by atoms with Gasteiger partial charge in [0, 0.05) is 16.9 Å². The highest BCUT2D eigenvalue weighted by Crippen LogP contribution is 2.61. The lowest BCUT2D eigenvalue weighted by molar-refractivity contribution is -0.137. The van der Waals surface area contributed by atoms with E-state index in [0.29, 0.717) is 24.0 Å². The summed E-state index contributed by atoms with van der Waals surface area (Å²) in [6.07, 6.45) is 4.45. The topological polar surface area (TPSA) is 95.1 Å². The van der Waals surface area contributed by atoms with Crippen molar-refractivity contribution >= 4 is 17.6 Å². The average molecular weight is 552 g/mol. The smallest absolute Gasteiger partial charge is 0.416 e. The molecular weight excluding hydrogens is 519 g/mol. The second kappa shape index (κ2) is 9.78. The number of aromatic amines is 1. The van der Waals surface area contributed by atoms with Crippen LogP contribution in [0.4, 0.5) is 18.9 Å². The molecule has 40 heavy (non-hydrogen) atoms. The number of rotatable bonds is 7. The summed E-state index contributed by atoms with van der Waals surface area (Å²) in [6, 6.07) is 9.98. The highest BCUT2D eigenvalue weighted by atomic mass is 19.4. The number of alkyl halides is 3. The molecule has 4 aliphatic carbocycles. The van der Waals surface area contributed by atoms with Crippen LogP contribution in [0.1, 0.15) is 82.6 Å². The molecule has 7 rings (SSSR count). The highest BCUT2D eigenvalue weighted by molar-refractivity contribution is 6.04. The number of carbonyl (C=O) groups is 2. The number of carboxylic acid groups (broad SMARTS) is 1. The maximum absolute atomic E-state index is 13.5. The molecule has 6 nitrogen and oxygen atoms in total. The molecule has 0 spiro atoms. The number of aryl methyl sites for hydroxylation is 2. The fraction of sp³-hybridized carbons (Fsp3) is 0.452. The summed E-state index contributed by atoms with van der Waals surface area (Å²) in [6.45, 7) is 1.95. The van der Waals surface area contributed by atoms with Crippen molar-refractivity contribution in [3.05, 3.63) is 70.5 Å². The van der Waals surface area contributed by atoms with E-state index in [1.807, 2.05) is 31.2 Å². The molecule has 1 aromatic heterocycles. The zero-order valence-corrected chi connectivity index (χ0v) is 22.3. The predicted octanol–water partition coefficient (Wildman–Crippen LogP) is 7.50. The number of anilines is 1. The SMILES string of the molecule is Cc1ccccc1-c1nc(C(=O)Nc2cc(C(=O)O)cc(C(F)(F)F)c2)c(CCC23CC4CC(CC(C4)C2)C3)[nH]1. The van der Waals surface area contributed by atoms with Gasteiger partial charge < -0.3 is 15.4 Å². The largest absolute Gasteiger partial charge is 0.478 e. The summed E-state index contributed by atoms with van der Waals surface area (Å²) in [7, 11) is 0. The van der Waals surface area contributed by atoms with Crippen LogP contribution in [0.2, 0.25) is 0 Å². The summed E-state index contributed by atoms with van der Waals surface area (Å²) in [4.78, 5) is 33.0. The van der Waals surface area contributed by atoms with Crippen LogP contribution in [-0.4, -0.2) is 27.0 Å². The molecule has 2 aromatic carbocycles. The van der Waals surface area contributed by atoms with E-state index in [2.05, 4.69) is 15.3 Å². The molecular formula is C31H32F3N3O3. The molecule has 0 radical (unpaired) electrons. The summed E-state index contributed by atoms with van der Waals surface area (Å²) in [5.41, 5.74) is 0.902. The number of amides is 1. The standard InChI is InChI=1S/C31H32F3N3O3/c1-17-4-2-3-5-24(17)27-36-25(6-7-30-14-18-8-19(15-30)10-20(9-18)16-30)26(37-27)28(38)35-23-12-21(29(39)40)11-22(13-23)31(32,33)34/h2-5,11-13,18-20H,6-10,14-16H2,1H3,(H,35,38)(H,36,37)(H,39,40). The monoisotopic (exact) mass is 551 g/mol. The van der Waals surface area contributed by atoms with Crippen molar-refractivity contribution in [3.8, 4) is 11.4 Å². The van der Waals surface area contributed by atoms with Crippen molar-refractivity contribution in [3.63, 3.8) is 0 Å². The number of carbonyl (C=O) groups excluding carboxylic acids is 1. The quantitative estimate of drug-likeness (QED) is 0.283. The van der Waals surface area contributed by atoms with E-state index in [4.69, 9.17) is 0 Å². The van der Waals surface area contributed by atoms with E-state index in [1.165, 1.54) is 38.5 Å². The molecule has 3 aromatic rings. The van der Waals surface area contributed by atoms with Gasteiger partial charge in [-0.15, -0.1) is 0 Å². The van der Waals surface area contributed by atoms with Gasteiger partial charge in [-0.05, 0) is 105 Å². The van der Waals surface area contributed by atoms with Gasteiger partial charge in [0.25, 0.3) is 5.91 Å². The molecule has 1 amide bonds. The van der Waals surface area contributed by atoms with E-state index in [-0.39, 0.29) is 16.8 Å². The molecule has 4 bridgehead atoms. The molecule has 4 fully saturated rings. The van der Waals surface area contributed by atoms with Gasteiger partial charge in [0.05, 0.1) is 11.1 Å². The number of halogens is 3. The van der Waals surface area contributed by atoms with Crippen LogP contribution < -0.4 is 5.32 Å². The van der Waals surface area contributed by atoms with Gasteiger partial charge in [-0.3, -0.25) is 4.79 Å². The summed E-state index contributed by atoms with van der Waals surface area (Å²) in [5.74, 6) is 0.721. The Morgan fingerprint density at radius 1 is 1.05 bits per heavy atom. The predicted molar refractivity (Wildman–Crippen MR) is 144 cm³/mol. The zero-order valence-electron chi connectivity index (χ0n) is 22.3. The second-order valence-corrected chi connectivity index (χ2v) is 12.2. The van der Waals surface area contributed by atoms with Crippen molar-refractivity contribution in [2.24, 2.45) is 23.2 Å². The van der Waals surface area contributed by atoms with Crippen LogP contribution in [0.5, 0.6) is 0 Å². The van der Waals surface area contributed by atoms with E-state index in [1.54, 1.807) is 0 Å². The van der Waals surface area contributed by atoms with Crippen LogP contribution in [0.3, 0.4) is 0 Å². The fourth-order valence-electron chi connectivity index (χ4n) is 7.91. The number of carboxylic acids is 1. The fourth-order valence-corrected chi connectivity index (χ4v) is 7.91. The van der Waals surface area contributed by atoms with Gasteiger partial charge in [-0.25, -0.2) is 9.78 Å². The number of nitrogens with one attached hydrogen (secondary N) is 2. The Labute approximate surface area is 230 Å². The van der Waals surface area contributed by atoms with Gasteiger partial charge in [0.2, 0.25) is 0 Å². The van der Waals surface area contributed by atoms with Gasteiger partial charge in [-0.1, -0.05) is 24.3 Å². The summed E-state index contributed by atoms with van der Waals surface area (Å²) < 4.78 is 40.4. The van der Waals surface area contributed by atoms with Crippen molar-refractivity contribution in [2.45, 2.75) is 64.5 Å². The Balaban J connectivity index is 1.31. The minimum atomic E-state index is -4.77. The lowest BCUT2D eigenvalue weighted by Gasteiger charge is -2.57. The van der Waals surface area contributed by atoms with Crippen LogP contribution in [0.15, 0.2) is 42.5 Å². The van der Waals surface area contributed by atoms with Crippen molar-refractivity contribution in [1.82, 2.24) is 9.97 Å². The number of nitrogens with zero attached hydrogens (tertiary/aromatic N) is 1. The first kappa shape index (κ1) is 26.6. The normalized spacial score (nSPS) is 25.2. The molecule has 0 saturated heterocycles. The minimum Gasteiger partial charge on any atom is -0.478 e. The van der Waals surface area contributed by atoms with E-state index in [9.17, 15) is 27.9 Å². The number of imidazole rings is 1. The molecule has 4 saturated carbocycles. The summed E-state index contributed by atoms with van der Waals surface area (Å²) >= 11 is 0. The number of aromatic carboxylic acids is 1. The maximum atomic E-state index is 13.5. The third-order valence-corrected chi connectivity index (χ3v) is 9.23. The third-order valence-electron chi connectivity index (χ3n) is 9.23. The Morgan fingerprint density at radius 3 is 2.30 bits per heavy atom. The number of hydrogen-bond acceptors (Lipinski definition) is 3. The first-order chi connectivity index (χ1) is 19.0. The first-order valence-electron chi connectivity index (χ1n) is 13.9. The third kappa shape index (κ3) is 5.13. The maximum Gasteiger partial charge on any atom is 0.416 e. The van der Waals surface area contributed by atoms with Gasteiger partial charge in [-0.2, -0.15) is 13.2 Å². The molecule has 210 valence electrons. The Hall–Kier alpha value is -3.62. The van der Waals surface area contributed by atoms with Crippen molar-refractivity contribution in [2.75, 3.05) is 5.32 Å². The molecule has 0 unspecified atom stereocenters. The van der Waals surface area contributed by atoms with Crippen LogP contribution in [0.25, 0.3) is 11.4 Å². The number of H-pyrrole nitrogens is 1. The molecule has 0 atom stereocenters. The van der Waals surface area contributed by atoms with Crippen molar-refractivity contribution < 1.29 is 27.9 Å². The summed E-state index contributed by atoms with van der Waals surface area (Å²) in [5, 5.41) is 11.8. The Kier molecular flexibility index (Phi) is 6.50. The lowest BCUT2D eigenvalue weighted by Crippen LogP contribution is -2.46. The van der Waals surface area contributed by atoms with E-state index >= 15 is 0 Å². The Morgan fingerprint density at radius 2 is 1.70 bits per heavy atom. The number of hydrogen-bond donors (Lipinski definition) is 3. The molecule has 3 N–H and O–H groups in total. The van der Waals surface area contributed by atoms with E-state index < -0.39 is 29.2 Å². The van der Waals surface area contributed by atoms with Gasteiger partial charge in [0.1, 0.15) is 11.5 Å². The van der Waals surface area contributed by atoms with Gasteiger partial charge >= 0.3 is 12.1 Å². The first-order valence-corrected chi connectivity index (χ1v) is 13.9. The van der Waals surface area contributed by atoms with Gasteiger partial charge in [0.15, 0.2) is 0 Å². The average Bonchev–Trinajstić information content (AvgIpc) is 3.31. The minimum absolute atomic E-state index is 0.122. The number of aromatic nitrogens is 2. The van der Waals surface area contributed by atoms with Crippen LogP contribution in [-0.2, 0) is 12.6 Å². The Bertz CT molecular complexity index is 1440. The molecule has 4 aliphatic rings. The molecule has 1 heterocycles. The lowest BCUT2D eigenvalue weighted by atomic mass is 9.48. The number of benzene rings is 2. The van der Waals surface area contributed by atoms with Crippen LogP contribution >= 0.6 is 0 Å².